The van der Waals surface area contributed by atoms with Gasteiger partial charge in [0.2, 0.25) is 8.32 Å². The van der Waals surface area contributed by atoms with Gasteiger partial charge in [0.05, 0.1) is 8.99 Å². The Labute approximate surface area is 130 Å². The van der Waals surface area contributed by atoms with E-state index in [9.17, 15) is 0 Å². The van der Waals surface area contributed by atoms with E-state index in [0.717, 1.165) is 16.2 Å². The molecule has 1 rings (SSSR count). The molecule has 106 valence electrons. The normalized spacial score (nSPS) is 18.6. The molecule has 0 bridgehead atoms. The smallest absolute Gasteiger partial charge is 0.201 e. The first kappa shape index (κ1) is 16.9. The molecule has 1 aliphatic carbocycles. The fraction of sp³-hybridized carbons (Fsp3) is 0.857. The molecule has 0 aromatic heterocycles. The summed E-state index contributed by atoms with van der Waals surface area (Å²) in [5.41, 5.74) is 1.96. The molecular weight excluding hydrogens is 372 g/mol. The molecule has 1 nitrogen and oxygen atoms in total. The van der Waals surface area contributed by atoms with Gasteiger partial charge in [0.25, 0.3) is 0 Å². The lowest BCUT2D eigenvalue weighted by Gasteiger charge is -2.44. The Bertz CT molecular complexity index is 294. The molecule has 0 aromatic rings. The molecule has 0 N–H and O–H groups in total. The molecule has 4 heteroatoms. The van der Waals surface area contributed by atoms with Crippen LogP contribution in [-0.2, 0) is 4.43 Å². The minimum Gasteiger partial charge on any atom is -0.407 e. The van der Waals surface area contributed by atoms with Gasteiger partial charge >= 0.3 is 0 Å². The molecule has 0 heterocycles. The topological polar surface area (TPSA) is 9.23 Å². The molecule has 0 aliphatic heterocycles. The Morgan fingerprint density at radius 3 is 1.61 bits per heavy atom. The molecule has 0 radical (unpaired) electrons. The Kier molecular flexibility index (Phi) is 5.74. The minimum absolute atomic E-state index is 0.00731. The SMILES string of the molecule is CC(C)[Si](OC1(C=C(Br)Br)CC1)(C(C)C)C(C)C. The Balaban J connectivity index is 3.03. The van der Waals surface area contributed by atoms with Crippen LogP contribution in [0.15, 0.2) is 9.47 Å². The third-order valence-electron chi connectivity index (χ3n) is 4.20. The monoisotopic (exact) mass is 396 g/mol. The molecular formula is C14H26Br2OSi. The van der Waals surface area contributed by atoms with Gasteiger partial charge in [0.1, 0.15) is 0 Å². The minimum atomic E-state index is -1.75. The lowest BCUT2D eigenvalue weighted by atomic mass is 10.3. The van der Waals surface area contributed by atoms with Gasteiger partial charge < -0.3 is 4.43 Å². The average molecular weight is 398 g/mol. The van der Waals surface area contributed by atoms with E-state index in [1.54, 1.807) is 0 Å². The van der Waals surface area contributed by atoms with Crippen molar-refractivity contribution in [1.82, 2.24) is 0 Å². The van der Waals surface area contributed by atoms with E-state index in [4.69, 9.17) is 4.43 Å². The third-order valence-corrected chi connectivity index (χ3v) is 10.8. The Hall–Kier alpha value is 0.877. The molecule has 0 unspecified atom stereocenters. The molecule has 1 aliphatic rings. The van der Waals surface area contributed by atoms with Gasteiger partial charge in [0, 0.05) is 0 Å². The van der Waals surface area contributed by atoms with Gasteiger partial charge in [-0.05, 0) is 67.4 Å². The van der Waals surface area contributed by atoms with Crippen molar-refractivity contribution in [3.63, 3.8) is 0 Å². The van der Waals surface area contributed by atoms with Gasteiger partial charge in [-0.2, -0.15) is 0 Å². The van der Waals surface area contributed by atoms with Crippen LogP contribution in [0.4, 0.5) is 0 Å². The molecule has 18 heavy (non-hydrogen) atoms. The summed E-state index contributed by atoms with van der Waals surface area (Å²) in [5, 5.41) is 0. The summed E-state index contributed by atoms with van der Waals surface area (Å²) in [6.07, 6.45) is 4.53. The summed E-state index contributed by atoms with van der Waals surface area (Å²) in [6.45, 7) is 14.1. The van der Waals surface area contributed by atoms with Crippen molar-refractivity contribution in [2.24, 2.45) is 0 Å². The zero-order valence-corrected chi connectivity index (χ0v) is 16.6. The molecule has 0 atom stereocenters. The maximum absolute atomic E-state index is 6.83. The van der Waals surface area contributed by atoms with Gasteiger partial charge in [0.15, 0.2) is 0 Å². The first-order valence-electron chi connectivity index (χ1n) is 6.90. The zero-order chi connectivity index (χ0) is 14.1. The number of rotatable bonds is 6. The van der Waals surface area contributed by atoms with Crippen LogP contribution in [0.25, 0.3) is 0 Å². The quantitative estimate of drug-likeness (QED) is 0.475. The van der Waals surface area contributed by atoms with E-state index in [1.165, 1.54) is 0 Å². The average Bonchev–Trinajstić information content (AvgIpc) is 2.91. The van der Waals surface area contributed by atoms with E-state index >= 15 is 0 Å². The fourth-order valence-corrected chi connectivity index (χ4v) is 9.81. The largest absolute Gasteiger partial charge is 0.407 e. The molecule has 1 fully saturated rings. The van der Waals surface area contributed by atoms with Crippen LogP contribution in [0.3, 0.4) is 0 Å². The lowest BCUT2D eigenvalue weighted by molar-refractivity contribution is 0.197. The summed E-state index contributed by atoms with van der Waals surface area (Å²) in [5.74, 6) is 0. The molecule has 1 saturated carbocycles. The summed E-state index contributed by atoms with van der Waals surface area (Å²) in [7, 11) is -1.75. The molecule has 0 spiro atoms. The van der Waals surface area contributed by atoms with Crippen LogP contribution in [-0.4, -0.2) is 13.9 Å². The van der Waals surface area contributed by atoms with E-state index in [-0.39, 0.29) is 5.60 Å². The van der Waals surface area contributed by atoms with E-state index < -0.39 is 8.32 Å². The second-order valence-corrected chi connectivity index (χ2v) is 14.6. The fourth-order valence-electron chi connectivity index (χ4n) is 3.30. The maximum Gasteiger partial charge on any atom is 0.201 e. The second kappa shape index (κ2) is 6.11. The van der Waals surface area contributed by atoms with Crippen molar-refractivity contribution < 1.29 is 4.43 Å². The van der Waals surface area contributed by atoms with E-state index in [2.05, 4.69) is 79.5 Å². The van der Waals surface area contributed by atoms with Crippen LogP contribution in [0, 0.1) is 0 Å². The predicted molar refractivity (Wildman–Crippen MR) is 90.0 cm³/mol. The highest BCUT2D eigenvalue weighted by Crippen LogP contribution is 2.52. The van der Waals surface area contributed by atoms with Crippen molar-refractivity contribution in [3.05, 3.63) is 9.47 Å². The van der Waals surface area contributed by atoms with E-state index in [1.807, 2.05) is 0 Å². The standard InChI is InChI=1S/C14H26Br2OSi/c1-10(2)18(11(3)4,12(5)6)17-14(7-8-14)9-13(15)16/h9-12H,7-8H2,1-6H3. The second-order valence-electron chi connectivity index (χ2n) is 6.42. The highest BCUT2D eigenvalue weighted by atomic mass is 79.9. The lowest BCUT2D eigenvalue weighted by Crippen LogP contribution is -2.50. The summed E-state index contributed by atoms with van der Waals surface area (Å²) in [4.78, 5) is 0. The van der Waals surface area contributed by atoms with Crippen LogP contribution in [0.1, 0.15) is 54.4 Å². The van der Waals surface area contributed by atoms with Crippen LogP contribution < -0.4 is 0 Å². The number of hydrogen-bond donors (Lipinski definition) is 0. The highest BCUT2D eigenvalue weighted by Gasteiger charge is 2.54. The van der Waals surface area contributed by atoms with Crippen molar-refractivity contribution in [1.29, 1.82) is 0 Å². The first-order valence-corrected chi connectivity index (χ1v) is 10.6. The summed E-state index contributed by atoms with van der Waals surface area (Å²) < 4.78 is 7.85. The van der Waals surface area contributed by atoms with Crippen molar-refractivity contribution in [2.75, 3.05) is 0 Å². The van der Waals surface area contributed by atoms with Crippen LogP contribution in [0.5, 0.6) is 0 Å². The number of halogens is 2. The zero-order valence-electron chi connectivity index (χ0n) is 12.4. The van der Waals surface area contributed by atoms with Crippen LogP contribution >= 0.6 is 31.9 Å². The third kappa shape index (κ3) is 3.50. The maximum atomic E-state index is 6.83. The van der Waals surface area contributed by atoms with Gasteiger partial charge in [-0.15, -0.1) is 0 Å². The Morgan fingerprint density at radius 1 is 1.00 bits per heavy atom. The van der Waals surface area contributed by atoms with Crippen molar-refractivity contribution >= 4 is 40.2 Å². The summed E-state index contributed by atoms with van der Waals surface area (Å²) in [6, 6.07) is 0. The molecule has 0 amide bonds. The Morgan fingerprint density at radius 2 is 1.39 bits per heavy atom. The van der Waals surface area contributed by atoms with Gasteiger partial charge in [-0.25, -0.2) is 0 Å². The van der Waals surface area contributed by atoms with Gasteiger partial charge in [-0.3, -0.25) is 0 Å². The first-order chi connectivity index (χ1) is 8.16. The van der Waals surface area contributed by atoms with Crippen molar-refractivity contribution in [2.45, 2.75) is 76.6 Å². The van der Waals surface area contributed by atoms with E-state index in [0.29, 0.717) is 16.6 Å². The highest BCUT2D eigenvalue weighted by molar-refractivity contribution is 9.28. The van der Waals surface area contributed by atoms with Gasteiger partial charge in [-0.1, -0.05) is 41.5 Å². The number of hydrogen-bond acceptors (Lipinski definition) is 1. The van der Waals surface area contributed by atoms with Crippen molar-refractivity contribution in [3.8, 4) is 0 Å². The predicted octanol–water partition coefficient (Wildman–Crippen LogP) is 6.34. The molecule has 0 aromatic carbocycles. The molecule has 0 saturated heterocycles. The van der Waals surface area contributed by atoms with Crippen LogP contribution in [0.2, 0.25) is 16.6 Å². The summed E-state index contributed by atoms with van der Waals surface area (Å²) >= 11 is 6.96.